The first-order chi connectivity index (χ1) is 24.0. The molecule has 2 aliphatic heterocycles. The zero-order valence-electron chi connectivity index (χ0n) is 29.1. The van der Waals surface area contributed by atoms with Crippen LogP contribution in [-0.4, -0.2) is 116 Å². The van der Waals surface area contributed by atoms with Gasteiger partial charge >= 0.3 is 41.8 Å². The maximum atomic E-state index is 12.5. The largest absolute Gasteiger partial charge is 0.463 e. The molecule has 282 valence electrons. The third-order valence-electron chi connectivity index (χ3n) is 7.15. The summed E-state index contributed by atoms with van der Waals surface area (Å²) in [5.41, 5.74) is 0.676. The van der Waals surface area contributed by atoms with Gasteiger partial charge in [-0.05, 0) is 5.56 Å². The summed E-state index contributed by atoms with van der Waals surface area (Å²) in [6, 6.07) is 8.80. The zero-order valence-corrected chi connectivity index (χ0v) is 29.1. The topological polar surface area (TPSA) is 221 Å². The molecule has 0 aliphatic carbocycles. The van der Waals surface area contributed by atoms with Crippen LogP contribution in [0.15, 0.2) is 30.3 Å². The lowest BCUT2D eigenvalue weighted by Gasteiger charge is -2.48. The molecule has 0 amide bonds. The minimum Gasteiger partial charge on any atom is -0.463 e. The van der Waals surface area contributed by atoms with Crippen molar-refractivity contribution in [3.63, 3.8) is 0 Å². The maximum absolute atomic E-state index is 12.5. The van der Waals surface area contributed by atoms with Gasteiger partial charge in [0.2, 0.25) is 6.29 Å². The Morgan fingerprint density at radius 3 is 1.39 bits per heavy atom. The second-order valence-electron chi connectivity index (χ2n) is 11.5. The van der Waals surface area contributed by atoms with Crippen LogP contribution in [0.1, 0.15) is 54.0 Å². The number of rotatable bonds is 14. The van der Waals surface area contributed by atoms with E-state index >= 15 is 0 Å². The first-order valence-corrected chi connectivity index (χ1v) is 15.8. The Morgan fingerprint density at radius 1 is 0.490 bits per heavy atom. The van der Waals surface area contributed by atoms with E-state index in [2.05, 4.69) is 0 Å². The van der Waals surface area contributed by atoms with Crippen LogP contribution in [0.5, 0.6) is 0 Å². The van der Waals surface area contributed by atoms with E-state index in [0.717, 1.165) is 48.5 Å². The van der Waals surface area contributed by atoms with Gasteiger partial charge in [-0.2, -0.15) is 0 Å². The number of ether oxygens (including phenoxy) is 11. The molecular formula is C33H42O18. The van der Waals surface area contributed by atoms with Crippen molar-refractivity contribution < 1.29 is 85.7 Å². The van der Waals surface area contributed by atoms with E-state index in [4.69, 9.17) is 52.1 Å². The van der Waals surface area contributed by atoms with Crippen molar-refractivity contribution in [3.05, 3.63) is 35.9 Å². The van der Waals surface area contributed by atoms with Gasteiger partial charge in [-0.1, -0.05) is 30.3 Å². The Morgan fingerprint density at radius 2 is 0.922 bits per heavy atom. The second kappa shape index (κ2) is 19.1. The molecule has 0 spiro atoms. The van der Waals surface area contributed by atoms with Gasteiger partial charge in [0.1, 0.15) is 31.5 Å². The molecule has 3 rings (SSSR count). The van der Waals surface area contributed by atoms with Crippen molar-refractivity contribution in [3.8, 4) is 0 Å². The molecule has 10 atom stereocenters. The van der Waals surface area contributed by atoms with Crippen molar-refractivity contribution in [1.82, 2.24) is 0 Å². The van der Waals surface area contributed by atoms with Crippen molar-refractivity contribution in [1.29, 1.82) is 0 Å². The number of esters is 7. The summed E-state index contributed by atoms with van der Waals surface area (Å²) in [4.78, 5) is 85.3. The predicted molar refractivity (Wildman–Crippen MR) is 164 cm³/mol. The van der Waals surface area contributed by atoms with E-state index in [1.807, 2.05) is 0 Å². The van der Waals surface area contributed by atoms with Gasteiger partial charge in [-0.3, -0.25) is 33.6 Å². The number of benzene rings is 1. The van der Waals surface area contributed by atoms with E-state index in [-0.39, 0.29) is 6.61 Å². The molecule has 2 aliphatic rings. The molecule has 0 bridgehead atoms. The Bertz CT molecular complexity index is 1400. The standard InChI is InChI=1S/C33H42O18/c1-16(34)41-14-24-26(44-18(3)36)28(43-13-23-11-9-8-10-12-23)30(47-21(6)39)33(50-24)51-31-29(46-20(5)38)27(45-19(4)37)25(15-42-17(2)35)49-32(31)48-22(7)40/h8-12,24-33H,13-15H2,1-7H3/t24-,25-,26-,27+,28+,29-,30+,31-,32+,33+/m1/s1. The van der Waals surface area contributed by atoms with Gasteiger partial charge in [0.05, 0.1) is 6.61 Å². The predicted octanol–water partition coefficient (Wildman–Crippen LogP) is 0.823. The van der Waals surface area contributed by atoms with Gasteiger partial charge in [-0.25, -0.2) is 0 Å². The lowest BCUT2D eigenvalue weighted by molar-refractivity contribution is -0.366. The Balaban J connectivity index is 2.15. The van der Waals surface area contributed by atoms with Crippen LogP contribution in [-0.2, 0) is 92.3 Å². The van der Waals surface area contributed by atoms with Gasteiger partial charge in [0, 0.05) is 48.5 Å². The fourth-order valence-electron chi connectivity index (χ4n) is 5.36. The van der Waals surface area contributed by atoms with Crippen LogP contribution in [0, 0.1) is 0 Å². The third-order valence-corrected chi connectivity index (χ3v) is 7.15. The summed E-state index contributed by atoms with van der Waals surface area (Å²) in [6.45, 7) is 6.47. The maximum Gasteiger partial charge on any atom is 0.305 e. The molecule has 2 saturated heterocycles. The van der Waals surface area contributed by atoms with E-state index in [9.17, 15) is 33.6 Å². The van der Waals surface area contributed by atoms with Crippen molar-refractivity contribution in [2.45, 2.75) is 116 Å². The fraction of sp³-hybridized carbons (Fsp3) is 0.606. The van der Waals surface area contributed by atoms with Gasteiger partial charge in [-0.15, -0.1) is 0 Å². The molecule has 0 radical (unpaired) electrons. The van der Waals surface area contributed by atoms with E-state index in [1.54, 1.807) is 30.3 Å². The minimum atomic E-state index is -1.75. The Kier molecular flexibility index (Phi) is 15.3. The molecule has 0 unspecified atom stereocenters. The highest BCUT2D eigenvalue weighted by Gasteiger charge is 2.57. The number of carbonyl (C=O) groups is 7. The highest BCUT2D eigenvalue weighted by molar-refractivity contribution is 5.69. The first kappa shape index (κ1) is 40.8. The molecule has 0 saturated carbocycles. The lowest BCUT2D eigenvalue weighted by atomic mass is 9.96. The average Bonchev–Trinajstić information content (AvgIpc) is 3.02. The van der Waals surface area contributed by atoms with Crippen molar-refractivity contribution in [2.75, 3.05) is 13.2 Å². The second-order valence-corrected chi connectivity index (χ2v) is 11.5. The molecule has 2 heterocycles. The van der Waals surface area contributed by atoms with Gasteiger partial charge in [0.25, 0.3) is 0 Å². The van der Waals surface area contributed by atoms with Crippen LogP contribution in [0.4, 0.5) is 0 Å². The Hall–Kier alpha value is -4.65. The van der Waals surface area contributed by atoms with Crippen LogP contribution in [0.3, 0.4) is 0 Å². The Labute approximate surface area is 293 Å². The van der Waals surface area contributed by atoms with E-state index < -0.39 is 116 Å². The summed E-state index contributed by atoms with van der Waals surface area (Å²) in [5, 5.41) is 0. The van der Waals surface area contributed by atoms with Gasteiger partial charge < -0.3 is 52.1 Å². The zero-order chi connectivity index (χ0) is 37.8. The smallest absolute Gasteiger partial charge is 0.305 e. The number of hydrogen-bond donors (Lipinski definition) is 0. The SMILES string of the molecule is CC(=O)OC[C@H]1O[C@H](OC(C)=O)[C@H](O[C@@H]2O[C@H](COC(C)=O)[C@@H](OC(C)=O)[C@H](OCc3ccccc3)[C@@H]2OC(C)=O)[C@H](OC(C)=O)[C@H]1OC(C)=O. The molecule has 2 fully saturated rings. The number of hydrogen-bond acceptors (Lipinski definition) is 18. The van der Waals surface area contributed by atoms with Crippen LogP contribution in [0.2, 0.25) is 0 Å². The summed E-state index contributed by atoms with van der Waals surface area (Å²) < 4.78 is 62.4. The quantitative estimate of drug-likeness (QED) is 0.191. The highest BCUT2D eigenvalue weighted by Crippen LogP contribution is 2.36. The monoisotopic (exact) mass is 726 g/mol. The van der Waals surface area contributed by atoms with Crippen molar-refractivity contribution in [2.24, 2.45) is 0 Å². The molecular weight excluding hydrogens is 684 g/mol. The highest BCUT2D eigenvalue weighted by atomic mass is 16.8. The molecule has 51 heavy (non-hydrogen) atoms. The summed E-state index contributed by atoms with van der Waals surface area (Å²) in [7, 11) is 0. The summed E-state index contributed by atoms with van der Waals surface area (Å²) in [5.74, 6) is -5.71. The van der Waals surface area contributed by atoms with Crippen LogP contribution >= 0.6 is 0 Å². The van der Waals surface area contributed by atoms with E-state index in [1.165, 1.54) is 0 Å². The molecule has 1 aromatic carbocycles. The van der Waals surface area contributed by atoms with Crippen LogP contribution in [0.25, 0.3) is 0 Å². The fourth-order valence-corrected chi connectivity index (χ4v) is 5.36. The molecule has 1 aromatic rings. The molecule has 18 heteroatoms. The first-order valence-electron chi connectivity index (χ1n) is 15.8. The number of carbonyl (C=O) groups excluding carboxylic acids is 7. The molecule has 0 aromatic heterocycles. The average molecular weight is 727 g/mol. The van der Waals surface area contributed by atoms with Crippen LogP contribution < -0.4 is 0 Å². The van der Waals surface area contributed by atoms with Gasteiger partial charge in [0.15, 0.2) is 36.8 Å². The molecule has 18 nitrogen and oxygen atoms in total. The summed E-state index contributed by atoms with van der Waals surface area (Å²) >= 11 is 0. The third kappa shape index (κ3) is 12.6. The molecule has 0 N–H and O–H groups in total. The van der Waals surface area contributed by atoms with E-state index in [0.29, 0.717) is 5.56 Å². The lowest BCUT2D eigenvalue weighted by Crippen LogP contribution is -2.67. The normalized spacial score (nSPS) is 28.7. The van der Waals surface area contributed by atoms with Crippen molar-refractivity contribution >= 4 is 41.8 Å². The minimum absolute atomic E-state index is 0.0981. The summed E-state index contributed by atoms with van der Waals surface area (Å²) in [6.07, 6.45) is -15.3.